The lowest BCUT2D eigenvalue weighted by Crippen LogP contribution is -2.32. The highest BCUT2D eigenvalue weighted by Gasteiger charge is 2.16. The van der Waals surface area contributed by atoms with Crippen molar-refractivity contribution in [2.24, 2.45) is 0 Å². The molecule has 5 nitrogen and oxygen atoms in total. The summed E-state index contributed by atoms with van der Waals surface area (Å²) in [5.74, 6) is 0.821. The van der Waals surface area contributed by atoms with E-state index in [0.29, 0.717) is 12.3 Å². The first kappa shape index (κ1) is 22.0. The normalized spacial score (nSPS) is 12.6. The molecule has 1 N–H and O–H groups in total. The third kappa shape index (κ3) is 5.83. The van der Waals surface area contributed by atoms with Crippen LogP contribution in [-0.2, 0) is 14.6 Å². The summed E-state index contributed by atoms with van der Waals surface area (Å²) in [6.07, 6.45) is 1.86. The standard InChI is InChI=1S/C22H29NO4S/c1-6-20(17-8-10-18(11-9-17)28(5,25)26)23-22(24)14-27-21-13-16(4)7-12-19(21)15(2)3/h7-13,15,20H,6,14H2,1-5H3,(H,23,24). The largest absolute Gasteiger partial charge is 0.483 e. The highest BCUT2D eigenvalue weighted by atomic mass is 32.2. The van der Waals surface area contributed by atoms with E-state index >= 15 is 0 Å². The van der Waals surface area contributed by atoms with Gasteiger partial charge in [0.25, 0.3) is 5.91 Å². The summed E-state index contributed by atoms with van der Waals surface area (Å²) in [5, 5.41) is 2.96. The molecule has 1 unspecified atom stereocenters. The van der Waals surface area contributed by atoms with Crippen molar-refractivity contribution in [2.75, 3.05) is 12.9 Å². The third-order valence-electron chi connectivity index (χ3n) is 4.60. The number of nitrogens with one attached hydrogen (secondary N) is 1. The molecule has 1 amide bonds. The minimum Gasteiger partial charge on any atom is -0.483 e. The zero-order chi connectivity index (χ0) is 20.9. The SMILES string of the molecule is CCC(NC(=O)COc1cc(C)ccc1C(C)C)c1ccc(S(C)(=O)=O)cc1. The van der Waals surface area contributed by atoms with Crippen LogP contribution in [0.3, 0.4) is 0 Å². The molecular weight excluding hydrogens is 374 g/mol. The second-order valence-corrected chi connectivity index (χ2v) is 9.37. The summed E-state index contributed by atoms with van der Waals surface area (Å²) in [6, 6.07) is 12.4. The van der Waals surface area contributed by atoms with Crippen LogP contribution in [0.4, 0.5) is 0 Å². The number of hydrogen-bond acceptors (Lipinski definition) is 4. The van der Waals surface area contributed by atoms with Gasteiger partial charge in [0.15, 0.2) is 16.4 Å². The maximum absolute atomic E-state index is 12.4. The summed E-state index contributed by atoms with van der Waals surface area (Å²) in [7, 11) is -3.24. The number of carbonyl (C=O) groups excluding carboxylic acids is 1. The maximum Gasteiger partial charge on any atom is 0.258 e. The number of hydrogen-bond donors (Lipinski definition) is 1. The first-order valence-electron chi connectivity index (χ1n) is 9.44. The molecule has 0 heterocycles. The van der Waals surface area contributed by atoms with E-state index in [1.807, 2.05) is 32.0 Å². The first-order chi connectivity index (χ1) is 13.1. The molecule has 2 aromatic carbocycles. The van der Waals surface area contributed by atoms with Gasteiger partial charge in [-0.15, -0.1) is 0 Å². The van der Waals surface area contributed by atoms with Gasteiger partial charge in [0, 0.05) is 6.26 Å². The average molecular weight is 404 g/mol. The van der Waals surface area contributed by atoms with Crippen LogP contribution >= 0.6 is 0 Å². The van der Waals surface area contributed by atoms with Gasteiger partial charge in [-0.2, -0.15) is 0 Å². The quantitative estimate of drug-likeness (QED) is 0.718. The van der Waals surface area contributed by atoms with E-state index < -0.39 is 9.84 Å². The fourth-order valence-corrected chi connectivity index (χ4v) is 3.62. The molecule has 0 aromatic heterocycles. The predicted molar refractivity (Wildman–Crippen MR) is 111 cm³/mol. The van der Waals surface area contributed by atoms with E-state index in [2.05, 4.69) is 19.2 Å². The van der Waals surface area contributed by atoms with Crippen LogP contribution in [0.15, 0.2) is 47.4 Å². The summed E-state index contributed by atoms with van der Waals surface area (Å²) in [4.78, 5) is 12.7. The van der Waals surface area contributed by atoms with Gasteiger partial charge >= 0.3 is 0 Å². The highest BCUT2D eigenvalue weighted by molar-refractivity contribution is 7.90. The van der Waals surface area contributed by atoms with Crippen LogP contribution in [0.5, 0.6) is 5.75 Å². The fraction of sp³-hybridized carbons (Fsp3) is 0.409. The lowest BCUT2D eigenvalue weighted by atomic mass is 10.0. The predicted octanol–water partition coefficient (Wildman–Crippen LogP) is 4.17. The Labute approximate surface area is 168 Å². The van der Waals surface area contributed by atoms with Gasteiger partial charge in [-0.3, -0.25) is 4.79 Å². The number of aryl methyl sites for hydroxylation is 1. The Morgan fingerprint density at radius 2 is 1.75 bits per heavy atom. The molecule has 0 radical (unpaired) electrons. The van der Waals surface area contributed by atoms with E-state index in [1.54, 1.807) is 24.3 Å². The number of sulfone groups is 1. The van der Waals surface area contributed by atoms with Gasteiger partial charge in [0.1, 0.15) is 5.75 Å². The average Bonchev–Trinajstić information content (AvgIpc) is 2.63. The van der Waals surface area contributed by atoms with Gasteiger partial charge in [0.05, 0.1) is 10.9 Å². The summed E-state index contributed by atoms with van der Waals surface area (Å²) in [6.45, 7) is 8.06. The van der Waals surface area contributed by atoms with Crippen LogP contribution < -0.4 is 10.1 Å². The third-order valence-corrected chi connectivity index (χ3v) is 5.73. The van der Waals surface area contributed by atoms with Crippen molar-refractivity contribution in [1.29, 1.82) is 0 Å². The highest BCUT2D eigenvalue weighted by Crippen LogP contribution is 2.27. The number of amides is 1. The summed E-state index contributed by atoms with van der Waals surface area (Å²) in [5.41, 5.74) is 3.01. The van der Waals surface area contributed by atoms with Gasteiger partial charge < -0.3 is 10.1 Å². The van der Waals surface area contributed by atoms with Gasteiger partial charge in [-0.1, -0.05) is 45.0 Å². The fourth-order valence-electron chi connectivity index (χ4n) is 2.99. The minimum absolute atomic E-state index is 0.0684. The van der Waals surface area contributed by atoms with Gasteiger partial charge in [0.2, 0.25) is 0 Å². The molecule has 2 aromatic rings. The smallest absolute Gasteiger partial charge is 0.258 e. The van der Waals surface area contributed by atoms with E-state index in [-0.39, 0.29) is 23.5 Å². The van der Waals surface area contributed by atoms with E-state index in [4.69, 9.17) is 4.74 Å². The van der Waals surface area contributed by atoms with Crippen molar-refractivity contribution in [3.8, 4) is 5.75 Å². The van der Waals surface area contributed by atoms with E-state index in [1.165, 1.54) is 6.26 Å². The Morgan fingerprint density at radius 1 is 1.11 bits per heavy atom. The lowest BCUT2D eigenvalue weighted by Gasteiger charge is -2.19. The molecular formula is C22H29NO4S. The Kier molecular flexibility index (Phi) is 7.24. The molecule has 0 saturated carbocycles. The number of carbonyl (C=O) groups is 1. The number of ether oxygens (including phenoxy) is 1. The summed E-state index contributed by atoms with van der Waals surface area (Å²) < 4.78 is 29.0. The summed E-state index contributed by atoms with van der Waals surface area (Å²) >= 11 is 0. The molecule has 0 bridgehead atoms. The molecule has 2 rings (SSSR count). The second kappa shape index (κ2) is 9.24. The van der Waals surface area contributed by atoms with Crippen LogP contribution in [0.1, 0.15) is 55.8 Å². The Hall–Kier alpha value is -2.34. The van der Waals surface area contributed by atoms with Crippen molar-refractivity contribution in [3.05, 3.63) is 59.2 Å². The second-order valence-electron chi connectivity index (χ2n) is 7.35. The maximum atomic E-state index is 12.4. The van der Waals surface area contributed by atoms with Crippen LogP contribution in [0.25, 0.3) is 0 Å². The minimum atomic E-state index is -3.24. The van der Waals surface area contributed by atoms with Gasteiger partial charge in [-0.25, -0.2) is 8.42 Å². The first-order valence-corrected chi connectivity index (χ1v) is 11.3. The van der Waals surface area contributed by atoms with Crippen LogP contribution in [-0.4, -0.2) is 27.2 Å². The Bertz CT molecular complexity index is 918. The Balaban J connectivity index is 2.04. The zero-order valence-electron chi connectivity index (χ0n) is 17.2. The van der Waals surface area contributed by atoms with Gasteiger partial charge in [-0.05, 0) is 54.2 Å². The lowest BCUT2D eigenvalue weighted by molar-refractivity contribution is -0.123. The van der Waals surface area contributed by atoms with E-state index in [9.17, 15) is 13.2 Å². The van der Waals surface area contributed by atoms with Crippen molar-refractivity contribution < 1.29 is 17.9 Å². The molecule has 28 heavy (non-hydrogen) atoms. The molecule has 0 aliphatic carbocycles. The molecule has 1 atom stereocenters. The van der Waals surface area contributed by atoms with Crippen molar-refractivity contribution >= 4 is 15.7 Å². The molecule has 6 heteroatoms. The molecule has 152 valence electrons. The Morgan fingerprint density at radius 3 is 2.29 bits per heavy atom. The molecule has 0 spiro atoms. The number of benzene rings is 2. The zero-order valence-corrected chi connectivity index (χ0v) is 18.0. The molecule has 0 fully saturated rings. The number of rotatable bonds is 8. The van der Waals surface area contributed by atoms with E-state index in [0.717, 1.165) is 22.4 Å². The van der Waals surface area contributed by atoms with Crippen molar-refractivity contribution in [1.82, 2.24) is 5.32 Å². The van der Waals surface area contributed by atoms with Crippen molar-refractivity contribution in [2.45, 2.75) is 51.0 Å². The molecule has 0 aliphatic rings. The monoisotopic (exact) mass is 403 g/mol. The topological polar surface area (TPSA) is 72.5 Å². The molecule has 0 aliphatic heterocycles. The van der Waals surface area contributed by atoms with Crippen LogP contribution in [0, 0.1) is 6.92 Å². The molecule has 0 saturated heterocycles. The van der Waals surface area contributed by atoms with Crippen LogP contribution in [0.2, 0.25) is 0 Å². The van der Waals surface area contributed by atoms with Crippen molar-refractivity contribution in [3.63, 3.8) is 0 Å².